The molecule has 0 aliphatic carbocycles. The Balaban J connectivity index is 1.40. The van der Waals surface area contributed by atoms with Gasteiger partial charge in [-0.25, -0.2) is 26.7 Å². The minimum Gasteiger partial charge on any atom is -0.321 e. The van der Waals surface area contributed by atoms with Gasteiger partial charge in [0.2, 0.25) is 10.0 Å². The average Bonchev–Trinajstić information content (AvgIpc) is 3.19. The van der Waals surface area contributed by atoms with E-state index in [-0.39, 0.29) is 17.8 Å². The number of sulfonamides is 1. The van der Waals surface area contributed by atoms with Crippen LogP contribution in [0.25, 0.3) is 5.69 Å². The van der Waals surface area contributed by atoms with Crippen molar-refractivity contribution < 1.29 is 22.0 Å². The Morgan fingerprint density at radius 1 is 1.10 bits per heavy atom. The number of hydrogen-bond donors (Lipinski definition) is 2. The number of benzene rings is 2. The number of nitrogens with one attached hydrogen (secondary N) is 2. The minimum atomic E-state index is -3.35. The number of carbonyl (C=O) groups is 1. The van der Waals surface area contributed by atoms with Crippen molar-refractivity contribution >= 4 is 27.4 Å². The molecule has 0 spiro atoms. The molecule has 3 aromatic rings. The summed E-state index contributed by atoms with van der Waals surface area (Å²) in [6, 6.07) is 9.87. The van der Waals surface area contributed by atoms with Gasteiger partial charge in [0.15, 0.2) is 0 Å². The van der Waals surface area contributed by atoms with E-state index in [9.17, 15) is 22.0 Å². The second-order valence-corrected chi connectivity index (χ2v) is 12.3. The summed E-state index contributed by atoms with van der Waals surface area (Å²) in [5.41, 5.74) is 4.37. The van der Waals surface area contributed by atoms with Gasteiger partial charge in [0.05, 0.1) is 23.3 Å². The zero-order valence-electron chi connectivity index (χ0n) is 24.0. The van der Waals surface area contributed by atoms with Crippen LogP contribution in [0, 0.1) is 25.5 Å². The van der Waals surface area contributed by atoms with Crippen LogP contribution in [0.2, 0.25) is 0 Å². The van der Waals surface area contributed by atoms with E-state index < -0.39 is 21.7 Å². The van der Waals surface area contributed by atoms with Gasteiger partial charge >= 0.3 is 6.03 Å². The Kier molecular flexibility index (Phi) is 9.64. The maximum atomic E-state index is 14.2. The number of hydrogen-bond acceptors (Lipinski definition) is 5. The Labute approximate surface area is 240 Å². The third-order valence-corrected chi connectivity index (χ3v) is 8.03. The van der Waals surface area contributed by atoms with Gasteiger partial charge in [-0.1, -0.05) is 13.3 Å². The fraction of sp³-hybridized carbons (Fsp3) is 0.448. The van der Waals surface area contributed by atoms with Crippen LogP contribution in [0.5, 0.6) is 0 Å². The van der Waals surface area contributed by atoms with Crippen molar-refractivity contribution in [1.82, 2.24) is 19.6 Å². The molecule has 1 aliphatic heterocycles. The number of likely N-dealkylation sites (tertiary alicyclic amines) is 1. The quantitative estimate of drug-likeness (QED) is 0.329. The first-order valence-electron chi connectivity index (χ1n) is 13.8. The Morgan fingerprint density at radius 3 is 2.39 bits per heavy atom. The van der Waals surface area contributed by atoms with Gasteiger partial charge in [0.1, 0.15) is 11.6 Å². The second-order valence-electron chi connectivity index (χ2n) is 10.6. The van der Waals surface area contributed by atoms with Gasteiger partial charge in [0.25, 0.3) is 0 Å². The molecule has 1 aliphatic rings. The summed E-state index contributed by atoms with van der Waals surface area (Å²) in [4.78, 5) is 17.3. The van der Waals surface area contributed by atoms with E-state index in [1.165, 1.54) is 6.07 Å². The number of urea groups is 1. The Hall–Kier alpha value is -3.51. The maximum Gasteiger partial charge on any atom is 0.322 e. The molecule has 12 heteroatoms. The van der Waals surface area contributed by atoms with Crippen molar-refractivity contribution in [2.24, 2.45) is 0 Å². The van der Waals surface area contributed by atoms with Crippen molar-refractivity contribution in [3.8, 4) is 5.69 Å². The first kappa shape index (κ1) is 30.4. The first-order chi connectivity index (χ1) is 19.4. The zero-order valence-corrected chi connectivity index (χ0v) is 24.8. The molecule has 2 amide bonds. The number of unbranched alkanes of at least 4 members (excludes halogenated alkanes) is 1. The number of amides is 2. The molecule has 0 unspecified atom stereocenters. The number of rotatable bonds is 10. The van der Waals surface area contributed by atoms with Crippen LogP contribution in [-0.2, 0) is 16.6 Å². The highest BCUT2D eigenvalue weighted by molar-refractivity contribution is 7.92. The summed E-state index contributed by atoms with van der Waals surface area (Å²) in [5, 5.41) is 7.37. The standard InChI is InChI=1S/C29H38F2N6O3S/c1-5-6-15-36(29(38)32-28-12-7-22(30)18-27(28)31)24-13-16-35(17-14-24)19-26-20(2)33-37(21(26)3)25-10-8-23(9-11-25)34-41(4,39)40/h7-12,18,24,34H,5-6,13-17,19H2,1-4H3,(H,32,38). The predicted octanol–water partition coefficient (Wildman–Crippen LogP) is 5.44. The predicted molar refractivity (Wildman–Crippen MR) is 157 cm³/mol. The number of carbonyl (C=O) groups excluding carboxylic acids is 1. The van der Waals surface area contributed by atoms with Gasteiger partial charge in [0, 0.05) is 55.2 Å². The van der Waals surface area contributed by atoms with E-state index in [4.69, 9.17) is 5.10 Å². The fourth-order valence-electron chi connectivity index (χ4n) is 5.21. The molecule has 2 aromatic carbocycles. The highest BCUT2D eigenvalue weighted by atomic mass is 32.2. The van der Waals surface area contributed by atoms with E-state index in [0.717, 1.165) is 86.3 Å². The molecule has 0 bridgehead atoms. The Bertz CT molecular complexity index is 1470. The van der Waals surface area contributed by atoms with Crippen molar-refractivity contribution in [3.05, 3.63) is 71.1 Å². The van der Waals surface area contributed by atoms with Crippen LogP contribution in [-0.4, -0.2) is 66.0 Å². The van der Waals surface area contributed by atoms with Crippen LogP contribution >= 0.6 is 0 Å². The number of anilines is 2. The van der Waals surface area contributed by atoms with Crippen LogP contribution in [0.4, 0.5) is 25.0 Å². The lowest BCUT2D eigenvalue weighted by molar-refractivity contribution is 0.122. The SMILES string of the molecule is CCCCN(C(=O)Nc1ccc(F)cc1F)C1CCN(Cc2c(C)nn(-c3ccc(NS(C)(=O)=O)cc3)c2C)CC1. The molecule has 222 valence electrons. The molecule has 1 fully saturated rings. The topological polar surface area (TPSA) is 99.6 Å². The van der Waals surface area contributed by atoms with Gasteiger partial charge in [-0.15, -0.1) is 0 Å². The summed E-state index contributed by atoms with van der Waals surface area (Å²) >= 11 is 0. The van der Waals surface area contributed by atoms with Crippen molar-refractivity contribution in [2.75, 3.05) is 35.9 Å². The molecular weight excluding hydrogens is 550 g/mol. The Morgan fingerprint density at radius 2 is 1.78 bits per heavy atom. The molecule has 2 N–H and O–H groups in total. The van der Waals surface area contributed by atoms with E-state index in [1.54, 1.807) is 17.0 Å². The number of halogens is 2. The lowest BCUT2D eigenvalue weighted by Crippen LogP contribution is -2.49. The van der Waals surface area contributed by atoms with Crippen LogP contribution in [0.1, 0.15) is 49.6 Å². The number of piperidine rings is 1. The van der Waals surface area contributed by atoms with Crippen molar-refractivity contribution in [2.45, 2.75) is 59.0 Å². The van der Waals surface area contributed by atoms with Gasteiger partial charge < -0.3 is 10.2 Å². The largest absolute Gasteiger partial charge is 0.322 e. The zero-order chi connectivity index (χ0) is 29.7. The lowest BCUT2D eigenvalue weighted by atomic mass is 10.0. The summed E-state index contributed by atoms with van der Waals surface area (Å²) in [5.74, 6) is -1.48. The molecule has 1 aromatic heterocycles. The summed E-state index contributed by atoms with van der Waals surface area (Å²) in [6.07, 6.45) is 4.44. The summed E-state index contributed by atoms with van der Waals surface area (Å²) < 4.78 is 54.8. The van der Waals surface area contributed by atoms with E-state index in [1.807, 2.05) is 30.7 Å². The van der Waals surface area contributed by atoms with Gasteiger partial charge in [-0.05, 0) is 69.5 Å². The highest BCUT2D eigenvalue weighted by Crippen LogP contribution is 2.25. The summed E-state index contributed by atoms with van der Waals surface area (Å²) in [7, 11) is -3.35. The minimum absolute atomic E-state index is 0.0188. The monoisotopic (exact) mass is 588 g/mol. The number of nitrogens with zero attached hydrogens (tertiary/aromatic N) is 4. The molecular formula is C29H38F2N6O3S. The molecule has 0 saturated carbocycles. The highest BCUT2D eigenvalue weighted by Gasteiger charge is 2.29. The first-order valence-corrected chi connectivity index (χ1v) is 15.7. The molecule has 4 rings (SSSR count). The number of aromatic nitrogens is 2. The van der Waals surface area contributed by atoms with Crippen LogP contribution in [0.3, 0.4) is 0 Å². The third kappa shape index (κ3) is 7.82. The van der Waals surface area contributed by atoms with Crippen LogP contribution in [0.15, 0.2) is 42.5 Å². The second kappa shape index (κ2) is 13.0. The van der Waals surface area contributed by atoms with E-state index >= 15 is 0 Å². The normalized spacial score (nSPS) is 14.7. The fourth-order valence-corrected chi connectivity index (χ4v) is 5.77. The number of aryl methyl sites for hydroxylation is 1. The molecule has 2 heterocycles. The molecule has 41 heavy (non-hydrogen) atoms. The molecule has 0 atom stereocenters. The van der Waals surface area contributed by atoms with Gasteiger partial charge in [-0.3, -0.25) is 9.62 Å². The van der Waals surface area contributed by atoms with E-state index in [2.05, 4.69) is 21.9 Å². The third-order valence-electron chi connectivity index (χ3n) is 7.42. The molecule has 9 nitrogen and oxygen atoms in total. The van der Waals surface area contributed by atoms with E-state index in [0.29, 0.717) is 12.2 Å². The maximum absolute atomic E-state index is 14.2. The molecule has 1 saturated heterocycles. The summed E-state index contributed by atoms with van der Waals surface area (Å²) in [6.45, 7) is 8.94. The molecule has 0 radical (unpaired) electrons. The van der Waals surface area contributed by atoms with Crippen molar-refractivity contribution in [3.63, 3.8) is 0 Å². The lowest BCUT2D eigenvalue weighted by Gasteiger charge is -2.38. The van der Waals surface area contributed by atoms with Gasteiger partial charge in [-0.2, -0.15) is 5.10 Å². The smallest absolute Gasteiger partial charge is 0.321 e. The van der Waals surface area contributed by atoms with Crippen LogP contribution < -0.4 is 10.0 Å². The van der Waals surface area contributed by atoms with Crippen molar-refractivity contribution in [1.29, 1.82) is 0 Å². The average molecular weight is 589 g/mol.